The highest BCUT2D eigenvalue weighted by molar-refractivity contribution is 5.76. The fourth-order valence-electron chi connectivity index (χ4n) is 9.46. The normalized spacial score (nSPS) is 13.4. The minimum atomic E-state index is -0.669. The van der Waals surface area contributed by atoms with Gasteiger partial charge in [-0.05, 0) is 70.6 Å². The smallest absolute Gasteiger partial charge is 0.220 e. The summed E-state index contributed by atoms with van der Waals surface area (Å²) in [6, 6.07) is -0.547. The summed E-state index contributed by atoms with van der Waals surface area (Å²) in [6.45, 7) is 4.27. The van der Waals surface area contributed by atoms with Crippen LogP contribution in [0.15, 0.2) is 85.1 Å². The van der Waals surface area contributed by atoms with E-state index in [4.69, 9.17) is 0 Å². The number of carbonyl (C=O) groups is 1. The van der Waals surface area contributed by atoms with E-state index in [9.17, 15) is 15.0 Å². The molecular weight excluding hydrogens is 867 g/mol. The maximum absolute atomic E-state index is 12.5. The summed E-state index contributed by atoms with van der Waals surface area (Å²) < 4.78 is 0. The Morgan fingerprint density at radius 3 is 0.930 bits per heavy atom. The average Bonchev–Trinajstić information content (AvgIpc) is 3.37. The molecule has 0 aromatic carbocycles. The lowest BCUT2D eigenvalue weighted by atomic mass is 10.0. The van der Waals surface area contributed by atoms with Crippen LogP contribution in [0.1, 0.15) is 316 Å². The van der Waals surface area contributed by atoms with E-state index < -0.39 is 12.1 Å². The molecule has 4 heteroatoms. The van der Waals surface area contributed by atoms with Crippen LogP contribution in [0.25, 0.3) is 0 Å². The topological polar surface area (TPSA) is 69.6 Å². The maximum Gasteiger partial charge on any atom is 0.220 e. The third-order valence-electron chi connectivity index (χ3n) is 14.2. The van der Waals surface area contributed by atoms with E-state index >= 15 is 0 Å². The fraction of sp³-hybridized carbons (Fsp3) is 0.776. The van der Waals surface area contributed by atoms with Gasteiger partial charge in [0, 0.05) is 6.42 Å². The molecule has 0 aromatic heterocycles. The van der Waals surface area contributed by atoms with Crippen molar-refractivity contribution in [3.63, 3.8) is 0 Å². The van der Waals surface area contributed by atoms with Crippen LogP contribution in [0.4, 0.5) is 0 Å². The molecule has 2 unspecified atom stereocenters. The first-order valence-electron chi connectivity index (χ1n) is 31.3. The molecule has 0 aliphatic heterocycles. The lowest BCUT2D eigenvalue weighted by molar-refractivity contribution is -0.123. The quantitative estimate of drug-likeness (QED) is 0.0420. The summed E-state index contributed by atoms with van der Waals surface area (Å²) in [4.78, 5) is 12.5. The van der Waals surface area contributed by atoms with E-state index in [0.717, 1.165) is 70.6 Å². The minimum Gasteiger partial charge on any atom is -0.394 e. The Bertz CT molecular complexity index is 1260. The molecule has 0 aromatic rings. The Morgan fingerprint density at radius 2 is 0.620 bits per heavy atom. The fourth-order valence-corrected chi connectivity index (χ4v) is 9.46. The largest absolute Gasteiger partial charge is 0.394 e. The number of aliphatic hydroxyl groups excluding tert-OH is 2. The molecule has 0 bridgehead atoms. The van der Waals surface area contributed by atoms with Gasteiger partial charge in [0.05, 0.1) is 18.8 Å². The molecule has 412 valence electrons. The third kappa shape index (κ3) is 58.3. The number of allylic oxidation sites excluding steroid dienone is 14. The molecule has 0 saturated carbocycles. The van der Waals surface area contributed by atoms with E-state index in [-0.39, 0.29) is 12.5 Å². The highest BCUT2D eigenvalue weighted by Crippen LogP contribution is 2.18. The van der Waals surface area contributed by atoms with Crippen LogP contribution in [0.3, 0.4) is 0 Å². The first-order chi connectivity index (χ1) is 35.2. The summed E-state index contributed by atoms with van der Waals surface area (Å²) in [5, 5.41) is 23.4. The van der Waals surface area contributed by atoms with E-state index in [0.29, 0.717) is 12.8 Å². The average molecular weight is 989 g/mol. The van der Waals surface area contributed by atoms with Gasteiger partial charge in [0.2, 0.25) is 5.91 Å². The SMILES string of the molecule is CC/C=C\C/C=C\C/C=C\C/C=C\C/C=C\C/C=C\C/C=C\CCCCCCCCCCCC(=O)NC(CO)C(O)CCCCCCCCCCCCCCCCCCCCCCCCCCCCCC. The first kappa shape index (κ1) is 68.6. The number of amides is 1. The second-order valence-corrected chi connectivity index (χ2v) is 21.1. The molecule has 1 amide bonds. The molecule has 0 fully saturated rings. The number of nitrogens with one attached hydrogen (secondary N) is 1. The van der Waals surface area contributed by atoms with E-state index in [2.05, 4.69) is 104 Å². The first-order valence-corrected chi connectivity index (χ1v) is 31.3. The van der Waals surface area contributed by atoms with Gasteiger partial charge in [-0.3, -0.25) is 4.79 Å². The van der Waals surface area contributed by atoms with Crippen molar-refractivity contribution in [1.82, 2.24) is 5.32 Å². The van der Waals surface area contributed by atoms with Crippen LogP contribution in [0.5, 0.6) is 0 Å². The summed E-state index contributed by atoms with van der Waals surface area (Å²) >= 11 is 0. The van der Waals surface area contributed by atoms with Crippen LogP contribution in [-0.2, 0) is 4.79 Å². The predicted molar refractivity (Wildman–Crippen MR) is 317 cm³/mol. The highest BCUT2D eigenvalue weighted by atomic mass is 16.3. The summed E-state index contributed by atoms with van der Waals surface area (Å²) in [5.74, 6) is -0.0371. The van der Waals surface area contributed by atoms with Crippen LogP contribution < -0.4 is 5.32 Å². The van der Waals surface area contributed by atoms with Gasteiger partial charge >= 0.3 is 0 Å². The second-order valence-electron chi connectivity index (χ2n) is 21.1. The van der Waals surface area contributed by atoms with Crippen molar-refractivity contribution in [3.05, 3.63) is 85.1 Å². The molecule has 2 atom stereocenters. The maximum atomic E-state index is 12.5. The molecule has 0 rings (SSSR count). The van der Waals surface area contributed by atoms with Crippen LogP contribution in [-0.4, -0.2) is 34.9 Å². The van der Waals surface area contributed by atoms with Gasteiger partial charge < -0.3 is 15.5 Å². The van der Waals surface area contributed by atoms with Crippen LogP contribution in [0.2, 0.25) is 0 Å². The molecule has 0 aliphatic carbocycles. The van der Waals surface area contributed by atoms with Gasteiger partial charge in [-0.1, -0.05) is 324 Å². The van der Waals surface area contributed by atoms with Crippen LogP contribution in [0, 0.1) is 0 Å². The molecule has 0 spiro atoms. The van der Waals surface area contributed by atoms with Gasteiger partial charge in [-0.25, -0.2) is 0 Å². The number of unbranched alkanes of at least 4 members (excludes halogenated alkanes) is 36. The van der Waals surface area contributed by atoms with Crippen molar-refractivity contribution in [2.45, 2.75) is 328 Å². The predicted octanol–water partition coefficient (Wildman–Crippen LogP) is 21.1. The summed E-state index contributed by atoms with van der Waals surface area (Å²) in [5.41, 5.74) is 0. The summed E-state index contributed by atoms with van der Waals surface area (Å²) in [6.07, 6.45) is 90.2. The number of hydrogen-bond donors (Lipinski definition) is 3. The Morgan fingerprint density at radius 1 is 0.352 bits per heavy atom. The third-order valence-corrected chi connectivity index (χ3v) is 14.2. The zero-order valence-corrected chi connectivity index (χ0v) is 47.5. The van der Waals surface area contributed by atoms with E-state index in [1.165, 1.54) is 218 Å². The van der Waals surface area contributed by atoms with Crippen LogP contribution >= 0.6 is 0 Å². The standard InChI is InChI=1S/C67H121NO3/c1-3-5-7-9-11-13-15-17-19-21-23-25-27-29-31-33-34-35-37-39-41-43-45-47-49-51-53-55-57-59-61-63-67(71)68-65(64-69)66(70)62-60-58-56-54-52-50-48-46-44-42-40-38-36-32-30-28-26-24-22-20-18-16-14-12-10-8-6-4-2/h5,7,11,13,17,19,23,25,29,31,34-35,39,41,65-66,69-70H,3-4,6,8-10,12,14-16,18,20-22,24,26-28,30,32-33,36-38,40,42-64H2,1-2H3,(H,68,71)/b7-5-,13-11-,19-17-,25-23-,31-29-,35-34-,41-39-. The molecular formula is C67H121NO3. The van der Waals surface area contributed by atoms with Gasteiger partial charge in [0.15, 0.2) is 0 Å². The molecule has 0 aliphatic rings. The Hall–Kier alpha value is -2.43. The van der Waals surface area contributed by atoms with Gasteiger partial charge in [0.1, 0.15) is 0 Å². The highest BCUT2D eigenvalue weighted by Gasteiger charge is 2.20. The molecule has 4 nitrogen and oxygen atoms in total. The number of aliphatic hydroxyl groups is 2. The second kappa shape index (κ2) is 61.9. The van der Waals surface area contributed by atoms with Crippen molar-refractivity contribution in [3.8, 4) is 0 Å². The van der Waals surface area contributed by atoms with Crippen molar-refractivity contribution in [2.75, 3.05) is 6.61 Å². The monoisotopic (exact) mass is 988 g/mol. The molecule has 0 saturated heterocycles. The summed E-state index contributed by atoms with van der Waals surface area (Å²) in [7, 11) is 0. The molecule has 0 radical (unpaired) electrons. The number of carbonyl (C=O) groups excluding carboxylic acids is 1. The molecule has 3 N–H and O–H groups in total. The molecule has 0 heterocycles. The zero-order valence-electron chi connectivity index (χ0n) is 47.5. The minimum absolute atomic E-state index is 0.0371. The van der Waals surface area contributed by atoms with Gasteiger partial charge in [-0.15, -0.1) is 0 Å². The van der Waals surface area contributed by atoms with Crippen molar-refractivity contribution in [2.24, 2.45) is 0 Å². The molecule has 71 heavy (non-hydrogen) atoms. The van der Waals surface area contributed by atoms with E-state index in [1.54, 1.807) is 0 Å². The number of rotatable bonds is 57. The Kier molecular flexibility index (Phi) is 59.8. The Labute approximate surface area is 443 Å². The zero-order chi connectivity index (χ0) is 51.3. The van der Waals surface area contributed by atoms with Crippen molar-refractivity contribution >= 4 is 5.91 Å². The lowest BCUT2D eigenvalue weighted by Gasteiger charge is -2.22. The van der Waals surface area contributed by atoms with Gasteiger partial charge in [-0.2, -0.15) is 0 Å². The van der Waals surface area contributed by atoms with Crippen molar-refractivity contribution < 1.29 is 15.0 Å². The van der Waals surface area contributed by atoms with E-state index in [1.807, 2.05) is 0 Å². The lowest BCUT2D eigenvalue weighted by Crippen LogP contribution is -2.45. The Balaban J connectivity index is 3.50. The van der Waals surface area contributed by atoms with Gasteiger partial charge in [0.25, 0.3) is 0 Å². The van der Waals surface area contributed by atoms with Crippen molar-refractivity contribution in [1.29, 1.82) is 0 Å². The number of hydrogen-bond acceptors (Lipinski definition) is 3.